The van der Waals surface area contributed by atoms with Crippen LogP contribution in [0, 0.1) is 17.3 Å². The summed E-state index contributed by atoms with van der Waals surface area (Å²) in [5.74, 6) is -2.30. The molecular weight excluding hydrogens is 258 g/mol. The Morgan fingerprint density at radius 3 is 2.75 bits per heavy atom. The number of aliphatic carboxylic acids is 1. The minimum absolute atomic E-state index is 0.260. The molecule has 6 nitrogen and oxygen atoms in total. The molecule has 0 aliphatic heterocycles. The minimum Gasteiger partial charge on any atom is -0.481 e. The van der Waals surface area contributed by atoms with Gasteiger partial charge in [0.15, 0.2) is 0 Å². The predicted molar refractivity (Wildman–Crippen MR) is 73.1 cm³/mol. The summed E-state index contributed by atoms with van der Waals surface area (Å²) in [6.45, 7) is 3.60. The van der Waals surface area contributed by atoms with Crippen molar-refractivity contribution in [2.75, 3.05) is 5.32 Å². The predicted octanol–water partition coefficient (Wildman–Crippen LogP) is 1.86. The van der Waals surface area contributed by atoms with E-state index in [0.29, 0.717) is 5.69 Å². The smallest absolute Gasteiger partial charge is 0.307 e. The summed E-state index contributed by atoms with van der Waals surface area (Å²) >= 11 is 0. The lowest BCUT2D eigenvalue weighted by Crippen LogP contribution is -2.18. The van der Waals surface area contributed by atoms with E-state index < -0.39 is 23.2 Å². The monoisotopic (exact) mass is 273 g/mol. The van der Waals surface area contributed by atoms with Gasteiger partial charge < -0.3 is 10.4 Å². The maximum atomic E-state index is 12.3. The van der Waals surface area contributed by atoms with Gasteiger partial charge in [-0.2, -0.15) is 5.10 Å². The number of rotatable bonds is 3. The summed E-state index contributed by atoms with van der Waals surface area (Å²) in [4.78, 5) is 23.4. The first-order chi connectivity index (χ1) is 9.43. The summed E-state index contributed by atoms with van der Waals surface area (Å²) in [5.41, 5.74) is 0.862. The SMILES string of the molecule is CC1(C)[C@H](C(=O)O)[C@@H]1C(=O)Nc1cccc2cn[nH]c12. The third-order valence-electron chi connectivity index (χ3n) is 4.11. The fraction of sp³-hybridized carbons (Fsp3) is 0.357. The first kappa shape index (κ1) is 12.7. The topological polar surface area (TPSA) is 95.1 Å². The van der Waals surface area contributed by atoms with Gasteiger partial charge in [-0.3, -0.25) is 14.7 Å². The van der Waals surface area contributed by atoms with Crippen molar-refractivity contribution in [2.24, 2.45) is 17.3 Å². The number of nitrogens with one attached hydrogen (secondary N) is 2. The van der Waals surface area contributed by atoms with Crippen molar-refractivity contribution < 1.29 is 14.7 Å². The Balaban J connectivity index is 1.84. The molecule has 104 valence electrons. The standard InChI is InChI=1S/C14H15N3O3/c1-14(2)9(10(14)13(19)20)12(18)16-8-5-3-4-7-6-15-17-11(7)8/h3-6,9-10H,1-2H3,(H,15,17)(H,16,18)(H,19,20)/t9-,10+/m1/s1. The number of carbonyl (C=O) groups excluding carboxylic acids is 1. The molecule has 1 amide bonds. The van der Waals surface area contributed by atoms with Crippen LogP contribution in [0.5, 0.6) is 0 Å². The van der Waals surface area contributed by atoms with Crippen LogP contribution in [0.3, 0.4) is 0 Å². The van der Waals surface area contributed by atoms with Gasteiger partial charge in [0.25, 0.3) is 0 Å². The molecule has 1 aliphatic carbocycles. The van der Waals surface area contributed by atoms with Gasteiger partial charge in [-0.1, -0.05) is 26.0 Å². The molecule has 3 N–H and O–H groups in total. The van der Waals surface area contributed by atoms with E-state index in [2.05, 4.69) is 15.5 Å². The number of para-hydroxylation sites is 1. The lowest BCUT2D eigenvalue weighted by Gasteiger charge is -2.06. The molecule has 1 heterocycles. The van der Waals surface area contributed by atoms with E-state index >= 15 is 0 Å². The van der Waals surface area contributed by atoms with Crippen molar-refractivity contribution >= 4 is 28.5 Å². The van der Waals surface area contributed by atoms with Gasteiger partial charge in [-0.15, -0.1) is 0 Å². The highest BCUT2D eigenvalue weighted by Gasteiger charge is 2.65. The van der Waals surface area contributed by atoms with Gasteiger partial charge in [0.1, 0.15) is 0 Å². The van der Waals surface area contributed by atoms with Gasteiger partial charge in [-0.25, -0.2) is 0 Å². The zero-order chi connectivity index (χ0) is 14.5. The number of aromatic amines is 1. The maximum absolute atomic E-state index is 12.3. The van der Waals surface area contributed by atoms with Crippen LogP contribution in [0.4, 0.5) is 5.69 Å². The molecule has 2 aromatic rings. The van der Waals surface area contributed by atoms with Crippen molar-refractivity contribution in [3.8, 4) is 0 Å². The highest BCUT2D eigenvalue weighted by molar-refractivity contribution is 6.04. The molecule has 1 aliphatic rings. The van der Waals surface area contributed by atoms with E-state index in [0.717, 1.165) is 10.9 Å². The van der Waals surface area contributed by atoms with Gasteiger partial charge >= 0.3 is 5.97 Å². The van der Waals surface area contributed by atoms with E-state index in [1.165, 1.54) is 0 Å². The zero-order valence-electron chi connectivity index (χ0n) is 11.2. The van der Waals surface area contributed by atoms with E-state index in [-0.39, 0.29) is 5.91 Å². The van der Waals surface area contributed by atoms with Crippen LogP contribution in [0.15, 0.2) is 24.4 Å². The van der Waals surface area contributed by atoms with Crippen molar-refractivity contribution in [3.05, 3.63) is 24.4 Å². The molecule has 0 unspecified atom stereocenters. The fourth-order valence-corrected chi connectivity index (χ4v) is 2.87. The number of aromatic nitrogens is 2. The Morgan fingerprint density at radius 1 is 1.35 bits per heavy atom. The molecule has 1 fully saturated rings. The summed E-state index contributed by atoms with van der Waals surface area (Å²) in [5, 5.41) is 19.6. The second kappa shape index (κ2) is 4.06. The van der Waals surface area contributed by atoms with Gasteiger partial charge in [-0.05, 0) is 11.5 Å². The molecule has 0 spiro atoms. The lowest BCUT2D eigenvalue weighted by molar-refractivity contribution is -0.140. The summed E-state index contributed by atoms with van der Waals surface area (Å²) in [7, 11) is 0. The molecule has 20 heavy (non-hydrogen) atoms. The van der Waals surface area contributed by atoms with E-state index in [4.69, 9.17) is 5.11 Å². The summed E-state index contributed by atoms with van der Waals surface area (Å²) in [6, 6.07) is 5.47. The van der Waals surface area contributed by atoms with Crippen molar-refractivity contribution in [2.45, 2.75) is 13.8 Å². The number of amides is 1. The minimum atomic E-state index is -0.921. The second-order valence-corrected chi connectivity index (χ2v) is 5.74. The third kappa shape index (κ3) is 1.76. The molecule has 0 bridgehead atoms. The second-order valence-electron chi connectivity index (χ2n) is 5.74. The fourth-order valence-electron chi connectivity index (χ4n) is 2.87. The Kier molecular flexibility index (Phi) is 2.57. The molecule has 1 saturated carbocycles. The number of nitrogens with zero attached hydrogens (tertiary/aromatic N) is 1. The Hall–Kier alpha value is -2.37. The van der Waals surface area contributed by atoms with Crippen LogP contribution in [-0.4, -0.2) is 27.2 Å². The van der Waals surface area contributed by atoms with Crippen molar-refractivity contribution in [1.82, 2.24) is 10.2 Å². The Morgan fingerprint density at radius 2 is 2.10 bits per heavy atom. The largest absolute Gasteiger partial charge is 0.481 e. The molecule has 1 aromatic heterocycles. The maximum Gasteiger partial charge on any atom is 0.307 e. The number of anilines is 1. The zero-order valence-corrected chi connectivity index (χ0v) is 11.2. The average Bonchev–Trinajstić information content (AvgIpc) is 2.73. The number of benzene rings is 1. The number of hydrogen-bond donors (Lipinski definition) is 3. The number of hydrogen-bond acceptors (Lipinski definition) is 3. The first-order valence-corrected chi connectivity index (χ1v) is 6.38. The third-order valence-corrected chi connectivity index (χ3v) is 4.11. The molecule has 2 atom stereocenters. The Bertz CT molecular complexity index is 705. The van der Waals surface area contributed by atoms with Crippen LogP contribution in [0.2, 0.25) is 0 Å². The van der Waals surface area contributed by atoms with Crippen molar-refractivity contribution in [3.63, 3.8) is 0 Å². The van der Waals surface area contributed by atoms with Crippen LogP contribution in [0.25, 0.3) is 10.9 Å². The van der Waals surface area contributed by atoms with Gasteiger partial charge in [0.05, 0.1) is 29.2 Å². The van der Waals surface area contributed by atoms with Crippen LogP contribution >= 0.6 is 0 Å². The van der Waals surface area contributed by atoms with Gasteiger partial charge in [0, 0.05) is 5.39 Å². The van der Waals surface area contributed by atoms with Crippen LogP contribution in [-0.2, 0) is 9.59 Å². The number of fused-ring (bicyclic) bond motifs is 1. The molecule has 0 radical (unpaired) electrons. The average molecular weight is 273 g/mol. The highest BCUT2D eigenvalue weighted by atomic mass is 16.4. The normalized spacial score (nSPS) is 23.5. The number of carboxylic acids is 1. The highest BCUT2D eigenvalue weighted by Crippen LogP contribution is 2.58. The van der Waals surface area contributed by atoms with E-state index in [1.807, 2.05) is 12.1 Å². The summed E-state index contributed by atoms with van der Waals surface area (Å²) in [6.07, 6.45) is 1.67. The summed E-state index contributed by atoms with van der Waals surface area (Å²) < 4.78 is 0. The number of carboxylic acid groups (broad SMARTS) is 1. The number of carbonyl (C=O) groups is 2. The van der Waals surface area contributed by atoms with Crippen molar-refractivity contribution in [1.29, 1.82) is 0 Å². The van der Waals surface area contributed by atoms with E-state index in [1.54, 1.807) is 26.1 Å². The molecular formula is C14H15N3O3. The Labute approximate surface area is 115 Å². The molecule has 6 heteroatoms. The van der Waals surface area contributed by atoms with Gasteiger partial charge in [0.2, 0.25) is 5.91 Å². The van der Waals surface area contributed by atoms with Crippen LogP contribution < -0.4 is 5.32 Å². The first-order valence-electron chi connectivity index (χ1n) is 6.38. The molecule has 0 saturated heterocycles. The molecule has 1 aromatic carbocycles. The number of H-pyrrole nitrogens is 1. The quantitative estimate of drug-likeness (QED) is 0.795. The lowest BCUT2D eigenvalue weighted by atomic mass is 10.1. The van der Waals surface area contributed by atoms with E-state index in [9.17, 15) is 9.59 Å². The molecule has 3 rings (SSSR count). The van der Waals surface area contributed by atoms with Crippen LogP contribution in [0.1, 0.15) is 13.8 Å².